The number of H-pyrrole nitrogens is 1. The quantitative estimate of drug-likeness (QED) is 0.779. The Morgan fingerprint density at radius 2 is 2.00 bits per heavy atom. The van der Waals surface area contributed by atoms with Gasteiger partial charge in [-0.05, 0) is 43.3 Å². The van der Waals surface area contributed by atoms with Crippen molar-refractivity contribution in [3.8, 4) is 0 Å². The Hall–Kier alpha value is -0.800. The number of nitrogens with zero attached hydrogens (tertiary/aromatic N) is 1. The second-order valence-electron chi connectivity index (χ2n) is 4.45. The van der Waals surface area contributed by atoms with E-state index in [0.717, 1.165) is 20.8 Å². The molecule has 2 aromatic rings. The standard InChI is InChI=1S/C12H15ClN2S/c1-7(2)8(3)15-11-5-4-9(13)6-10(11)14-12(15)16/h4-8H,1-3H3,(H,14,16). The Morgan fingerprint density at radius 3 is 2.62 bits per heavy atom. The molecule has 0 spiro atoms. The van der Waals surface area contributed by atoms with Crippen LogP contribution in [0, 0.1) is 10.7 Å². The summed E-state index contributed by atoms with van der Waals surface area (Å²) in [6, 6.07) is 6.21. The summed E-state index contributed by atoms with van der Waals surface area (Å²) >= 11 is 11.3. The molecule has 1 aromatic carbocycles. The third-order valence-electron chi connectivity index (χ3n) is 3.05. The monoisotopic (exact) mass is 254 g/mol. The maximum atomic E-state index is 5.96. The van der Waals surface area contributed by atoms with Gasteiger partial charge in [0.25, 0.3) is 0 Å². The Bertz CT molecular complexity index is 568. The lowest BCUT2D eigenvalue weighted by atomic mass is 10.1. The molecular formula is C12H15ClN2S. The van der Waals surface area contributed by atoms with Crippen molar-refractivity contribution in [2.75, 3.05) is 0 Å². The number of halogens is 1. The molecule has 0 bridgehead atoms. The lowest BCUT2D eigenvalue weighted by Gasteiger charge is -2.18. The van der Waals surface area contributed by atoms with Crippen molar-refractivity contribution < 1.29 is 0 Å². The van der Waals surface area contributed by atoms with Gasteiger partial charge in [-0.2, -0.15) is 0 Å². The molecule has 0 fully saturated rings. The van der Waals surface area contributed by atoms with Gasteiger partial charge in [0, 0.05) is 11.1 Å². The summed E-state index contributed by atoms with van der Waals surface area (Å²) in [4.78, 5) is 3.20. The van der Waals surface area contributed by atoms with Gasteiger partial charge >= 0.3 is 0 Å². The molecule has 0 radical (unpaired) electrons. The van der Waals surface area contributed by atoms with E-state index in [-0.39, 0.29) is 0 Å². The van der Waals surface area contributed by atoms with Crippen molar-refractivity contribution in [2.24, 2.45) is 5.92 Å². The van der Waals surface area contributed by atoms with E-state index in [9.17, 15) is 0 Å². The molecule has 2 nitrogen and oxygen atoms in total. The molecular weight excluding hydrogens is 240 g/mol. The van der Waals surface area contributed by atoms with Crippen molar-refractivity contribution >= 4 is 34.9 Å². The zero-order valence-corrected chi connectivity index (χ0v) is 11.2. The zero-order valence-electron chi connectivity index (χ0n) is 9.62. The third-order valence-corrected chi connectivity index (χ3v) is 3.58. The molecule has 0 aliphatic carbocycles. The minimum absolute atomic E-state index is 0.377. The van der Waals surface area contributed by atoms with Crippen LogP contribution in [0.1, 0.15) is 26.8 Å². The van der Waals surface area contributed by atoms with Gasteiger partial charge in [-0.25, -0.2) is 0 Å². The number of nitrogens with one attached hydrogen (secondary N) is 1. The molecule has 1 heterocycles. The van der Waals surface area contributed by atoms with Crippen LogP contribution in [-0.2, 0) is 0 Å². The highest BCUT2D eigenvalue weighted by Crippen LogP contribution is 2.25. The molecule has 4 heteroatoms. The second-order valence-corrected chi connectivity index (χ2v) is 5.27. The van der Waals surface area contributed by atoms with Gasteiger partial charge in [0.05, 0.1) is 11.0 Å². The van der Waals surface area contributed by atoms with Crippen molar-refractivity contribution in [2.45, 2.75) is 26.8 Å². The fraction of sp³-hybridized carbons (Fsp3) is 0.417. The van der Waals surface area contributed by atoms with Crippen LogP contribution >= 0.6 is 23.8 Å². The van der Waals surface area contributed by atoms with Gasteiger partial charge < -0.3 is 9.55 Å². The number of hydrogen-bond donors (Lipinski definition) is 1. The molecule has 16 heavy (non-hydrogen) atoms. The molecule has 86 valence electrons. The summed E-state index contributed by atoms with van der Waals surface area (Å²) in [5, 5.41) is 0.730. The molecule has 1 N–H and O–H groups in total. The average molecular weight is 255 g/mol. The summed E-state index contributed by atoms with van der Waals surface area (Å²) in [5.74, 6) is 0.543. The number of hydrogen-bond acceptors (Lipinski definition) is 1. The number of benzene rings is 1. The Balaban J connectivity index is 2.70. The molecule has 1 aromatic heterocycles. The average Bonchev–Trinajstić information content (AvgIpc) is 2.51. The highest BCUT2D eigenvalue weighted by Gasteiger charge is 2.14. The largest absolute Gasteiger partial charge is 0.331 e. The van der Waals surface area contributed by atoms with Crippen molar-refractivity contribution in [3.05, 3.63) is 28.0 Å². The van der Waals surface area contributed by atoms with Gasteiger partial charge in [-0.1, -0.05) is 25.4 Å². The van der Waals surface area contributed by atoms with E-state index in [1.165, 1.54) is 0 Å². The van der Waals surface area contributed by atoms with Crippen molar-refractivity contribution in [1.29, 1.82) is 0 Å². The molecule has 0 saturated carbocycles. The fourth-order valence-corrected chi connectivity index (χ4v) is 2.35. The van der Waals surface area contributed by atoms with Crippen LogP contribution in [0.4, 0.5) is 0 Å². The van der Waals surface area contributed by atoms with E-state index in [2.05, 4.69) is 30.3 Å². The molecule has 1 atom stereocenters. The van der Waals surface area contributed by atoms with Crippen LogP contribution in [0.15, 0.2) is 18.2 Å². The third kappa shape index (κ3) is 1.89. The first-order valence-electron chi connectivity index (χ1n) is 5.40. The van der Waals surface area contributed by atoms with E-state index < -0.39 is 0 Å². The summed E-state index contributed by atoms with van der Waals surface area (Å²) < 4.78 is 2.92. The van der Waals surface area contributed by atoms with Gasteiger partial charge in [-0.15, -0.1) is 0 Å². The van der Waals surface area contributed by atoms with Gasteiger partial charge in [-0.3, -0.25) is 0 Å². The molecule has 2 rings (SSSR count). The van der Waals surface area contributed by atoms with Crippen LogP contribution in [0.3, 0.4) is 0 Å². The molecule has 0 saturated heterocycles. The Labute approximate surface area is 105 Å². The molecule has 0 aliphatic heterocycles. The first-order chi connectivity index (χ1) is 7.50. The Kier molecular flexibility index (Phi) is 3.08. The summed E-state index contributed by atoms with van der Waals surface area (Å²) in [7, 11) is 0. The van der Waals surface area contributed by atoms with E-state index in [1.807, 2.05) is 18.2 Å². The van der Waals surface area contributed by atoms with Crippen molar-refractivity contribution in [1.82, 2.24) is 9.55 Å². The van der Waals surface area contributed by atoms with E-state index >= 15 is 0 Å². The number of rotatable bonds is 2. The molecule has 0 aliphatic rings. The minimum atomic E-state index is 0.377. The SMILES string of the molecule is CC(C)C(C)n1c(=S)[nH]c2cc(Cl)ccc21. The second kappa shape index (κ2) is 4.22. The maximum Gasteiger partial charge on any atom is 0.178 e. The topological polar surface area (TPSA) is 20.7 Å². The smallest absolute Gasteiger partial charge is 0.178 e. The molecule has 0 amide bonds. The van der Waals surface area contributed by atoms with Gasteiger partial charge in [0.2, 0.25) is 0 Å². The number of imidazole rings is 1. The summed E-state index contributed by atoms with van der Waals surface area (Å²) in [6.45, 7) is 6.57. The normalized spacial score (nSPS) is 13.6. The number of aromatic nitrogens is 2. The fourth-order valence-electron chi connectivity index (χ4n) is 1.81. The summed E-state index contributed by atoms with van der Waals surface area (Å²) in [6.07, 6.45) is 0. The number of aromatic amines is 1. The van der Waals surface area contributed by atoms with Crippen LogP contribution in [-0.4, -0.2) is 9.55 Å². The predicted octanol–water partition coefficient (Wildman–Crippen LogP) is 4.57. The molecule has 1 unspecified atom stereocenters. The minimum Gasteiger partial charge on any atom is -0.331 e. The summed E-state index contributed by atoms with van der Waals surface area (Å²) in [5.41, 5.74) is 2.13. The lowest BCUT2D eigenvalue weighted by molar-refractivity contribution is 0.413. The van der Waals surface area contributed by atoms with Crippen LogP contribution in [0.5, 0.6) is 0 Å². The zero-order chi connectivity index (χ0) is 11.9. The maximum absolute atomic E-state index is 5.96. The highest BCUT2D eigenvalue weighted by atomic mass is 35.5. The van der Waals surface area contributed by atoms with Crippen LogP contribution in [0.25, 0.3) is 11.0 Å². The van der Waals surface area contributed by atoms with E-state index in [4.69, 9.17) is 23.8 Å². The van der Waals surface area contributed by atoms with Crippen LogP contribution < -0.4 is 0 Å². The first kappa shape index (κ1) is 11.7. The Morgan fingerprint density at radius 1 is 1.31 bits per heavy atom. The predicted molar refractivity (Wildman–Crippen MR) is 71.7 cm³/mol. The van der Waals surface area contributed by atoms with E-state index in [0.29, 0.717) is 12.0 Å². The lowest BCUT2D eigenvalue weighted by Crippen LogP contribution is -2.11. The first-order valence-corrected chi connectivity index (χ1v) is 6.19. The van der Waals surface area contributed by atoms with Crippen LogP contribution in [0.2, 0.25) is 5.02 Å². The highest BCUT2D eigenvalue weighted by molar-refractivity contribution is 7.71. The number of fused-ring (bicyclic) bond motifs is 1. The van der Waals surface area contributed by atoms with Gasteiger partial charge in [0.15, 0.2) is 4.77 Å². The van der Waals surface area contributed by atoms with E-state index in [1.54, 1.807) is 0 Å². The van der Waals surface area contributed by atoms with Crippen molar-refractivity contribution in [3.63, 3.8) is 0 Å². The van der Waals surface area contributed by atoms with Gasteiger partial charge in [0.1, 0.15) is 0 Å².